The Balaban J connectivity index is 1.82. The summed E-state index contributed by atoms with van der Waals surface area (Å²) in [5.41, 5.74) is 1.86. The van der Waals surface area contributed by atoms with Crippen LogP contribution < -0.4 is 10.1 Å². The van der Waals surface area contributed by atoms with Crippen LogP contribution in [0.5, 0.6) is 5.75 Å². The lowest BCUT2D eigenvalue weighted by Gasteiger charge is -2.10. The lowest BCUT2D eigenvalue weighted by atomic mass is 10.3. The molecule has 112 valence electrons. The van der Waals surface area contributed by atoms with Crippen molar-refractivity contribution in [3.8, 4) is 5.75 Å². The van der Waals surface area contributed by atoms with Gasteiger partial charge in [0.05, 0.1) is 12.3 Å². The third-order valence-electron chi connectivity index (χ3n) is 2.84. The average molecular weight is 287 g/mol. The van der Waals surface area contributed by atoms with Crippen molar-refractivity contribution in [2.75, 3.05) is 5.32 Å². The first-order valence-electron chi connectivity index (χ1n) is 7.08. The number of hydrogen-bond acceptors (Lipinski definition) is 3. The van der Waals surface area contributed by atoms with E-state index in [2.05, 4.69) is 10.4 Å². The second-order valence-electron chi connectivity index (χ2n) is 5.27. The van der Waals surface area contributed by atoms with Gasteiger partial charge in [0, 0.05) is 24.8 Å². The van der Waals surface area contributed by atoms with Crippen LogP contribution in [0.1, 0.15) is 25.8 Å². The molecule has 0 saturated carbocycles. The highest BCUT2D eigenvalue weighted by Gasteiger charge is 2.04. The quantitative estimate of drug-likeness (QED) is 0.888. The average Bonchev–Trinajstić information content (AvgIpc) is 2.84. The zero-order chi connectivity index (χ0) is 15.2. The van der Waals surface area contributed by atoms with Crippen LogP contribution in [-0.2, 0) is 11.3 Å². The van der Waals surface area contributed by atoms with E-state index in [9.17, 15) is 4.79 Å². The molecule has 5 nitrogen and oxygen atoms in total. The van der Waals surface area contributed by atoms with Gasteiger partial charge in [0.2, 0.25) is 5.91 Å². The van der Waals surface area contributed by atoms with Crippen molar-refractivity contribution in [3.05, 3.63) is 42.2 Å². The Kier molecular flexibility index (Phi) is 4.98. The summed E-state index contributed by atoms with van der Waals surface area (Å²) in [5.74, 6) is 0.774. The normalized spacial score (nSPS) is 10.7. The van der Waals surface area contributed by atoms with E-state index < -0.39 is 0 Å². The molecule has 0 unspecified atom stereocenters. The number of amides is 1. The number of aryl methyl sites for hydroxylation is 2. The number of carbonyl (C=O) groups is 1. The maximum atomic E-state index is 11.9. The van der Waals surface area contributed by atoms with E-state index in [-0.39, 0.29) is 12.0 Å². The van der Waals surface area contributed by atoms with Crippen LogP contribution >= 0.6 is 0 Å². The highest BCUT2D eigenvalue weighted by Crippen LogP contribution is 2.17. The molecule has 2 aromatic rings. The summed E-state index contributed by atoms with van der Waals surface area (Å²) in [4.78, 5) is 11.9. The molecule has 21 heavy (non-hydrogen) atoms. The van der Waals surface area contributed by atoms with Crippen molar-refractivity contribution in [2.45, 2.75) is 39.8 Å². The summed E-state index contributed by atoms with van der Waals surface area (Å²) < 4.78 is 7.33. The molecule has 1 N–H and O–H groups in total. The summed E-state index contributed by atoms with van der Waals surface area (Å²) in [6.07, 6.45) is 4.24. The number of rotatable bonds is 6. The Morgan fingerprint density at radius 1 is 1.33 bits per heavy atom. The number of carbonyl (C=O) groups excluding carboxylic acids is 1. The topological polar surface area (TPSA) is 56.2 Å². The van der Waals surface area contributed by atoms with Gasteiger partial charge >= 0.3 is 0 Å². The smallest absolute Gasteiger partial charge is 0.226 e. The van der Waals surface area contributed by atoms with E-state index in [1.807, 2.05) is 51.2 Å². The van der Waals surface area contributed by atoms with E-state index in [0.717, 1.165) is 17.0 Å². The summed E-state index contributed by atoms with van der Waals surface area (Å²) in [5, 5.41) is 7.02. The fraction of sp³-hybridized carbons (Fsp3) is 0.375. The van der Waals surface area contributed by atoms with Crippen molar-refractivity contribution < 1.29 is 9.53 Å². The standard InChI is InChI=1S/C16H21N3O2/c1-12(2)21-15-6-4-14(5-7-15)18-16(20)8-9-19-11-13(3)10-17-19/h4-7,10-12H,8-9H2,1-3H3,(H,18,20). The van der Waals surface area contributed by atoms with Crippen molar-refractivity contribution in [1.82, 2.24) is 9.78 Å². The fourth-order valence-electron chi connectivity index (χ4n) is 1.92. The zero-order valence-corrected chi connectivity index (χ0v) is 12.7. The second kappa shape index (κ2) is 6.92. The van der Waals surface area contributed by atoms with Crippen molar-refractivity contribution in [3.63, 3.8) is 0 Å². The van der Waals surface area contributed by atoms with Crippen LogP contribution in [0.3, 0.4) is 0 Å². The van der Waals surface area contributed by atoms with Crippen molar-refractivity contribution in [2.24, 2.45) is 0 Å². The molecule has 2 rings (SSSR count). The van der Waals surface area contributed by atoms with Gasteiger partial charge in [0.1, 0.15) is 5.75 Å². The van der Waals surface area contributed by atoms with Gasteiger partial charge < -0.3 is 10.1 Å². The molecule has 0 saturated heterocycles. The van der Waals surface area contributed by atoms with E-state index in [1.54, 1.807) is 10.9 Å². The first-order chi connectivity index (χ1) is 10.0. The van der Waals surface area contributed by atoms with E-state index in [0.29, 0.717) is 13.0 Å². The minimum absolute atomic E-state index is 0.0271. The number of benzene rings is 1. The molecule has 0 atom stereocenters. The third kappa shape index (κ3) is 4.95. The third-order valence-corrected chi connectivity index (χ3v) is 2.84. The van der Waals surface area contributed by atoms with E-state index in [1.165, 1.54) is 0 Å². The SMILES string of the molecule is Cc1cnn(CCC(=O)Nc2ccc(OC(C)C)cc2)c1. The van der Waals surface area contributed by atoms with Gasteiger partial charge in [-0.1, -0.05) is 0 Å². The Bertz CT molecular complexity index is 588. The van der Waals surface area contributed by atoms with Gasteiger partial charge in [-0.05, 0) is 50.6 Å². The van der Waals surface area contributed by atoms with Crippen LogP contribution in [0.4, 0.5) is 5.69 Å². The molecular formula is C16H21N3O2. The van der Waals surface area contributed by atoms with Gasteiger partial charge in [-0.15, -0.1) is 0 Å². The minimum Gasteiger partial charge on any atom is -0.491 e. The zero-order valence-electron chi connectivity index (χ0n) is 12.7. The number of aromatic nitrogens is 2. The summed E-state index contributed by atoms with van der Waals surface area (Å²) in [6.45, 7) is 6.51. The maximum Gasteiger partial charge on any atom is 0.226 e. The number of nitrogens with zero attached hydrogens (tertiary/aromatic N) is 2. The predicted molar refractivity (Wildman–Crippen MR) is 82.4 cm³/mol. The largest absolute Gasteiger partial charge is 0.491 e. The van der Waals surface area contributed by atoms with Gasteiger partial charge in [-0.25, -0.2) is 0 Å². The van der Waals surface area contributed by atoms with Crippen LogP contribution in [0.15, 0.2) is 36.7 Å². The van der Waals surface area contributed by atoms with Crippen LogP contribution in [0, 0.1) is 6.92 Å². The van der Waals surface area contributed by atoms with Crippen molar-refractivity contribution in [1.29, 1.82) is 0 Å². The molecular weight excluding hydrogens is 266 g/mol. The van der Waals surface area contributed by atoms with Gasteiger partial charge in [-0.3, -0.25) is 9.48 Å². The number of nitrogens with one attached hydrogen (secondary N) is 1. The molecule has 0 radical (unpaired) electrons. The molecule has 1 aromatic carbocycles. The fourth-order valence-corrected chi connectivity index (χ4v) is 1.92. The Morgan fingerprint density at radius 2 is 2.05 bits per heavy atom. The Morgan fingerprint density at radius 3 is 2.62 bits per heavy atom. The molecule has 1 aromatic heterocycles. The van der Waals surface area contributed by atoms with Crippen molar-refractivity contribution >= 4 is 11.6 Å². The molecule has 1 amide bonds. The molecule has 0 aliphatic carbocycles. The molecule has 0 fully saturated rings. The lowest BCUT2D eigenvalue weighted by Crippen LogP contribution is -2.14. The number of ether oxygens (including phenoxy) is 1. The van der Waals surface area contributed by atoms with Gasteiger partial charge in [0.15, 0.2) is 0 Å². The molecule has 0 aliphatic heterocycles. The molecule has 5 heteroatoms. The van der Waals surface area contributed by atoms with Crippen LogP contribution in [0.2, 0.25) is 0 Å². The number of anilines is 1. The molecule has 0 aliphatic rings. The van der Waals surface area contributed by atoms with Crippen LogP contribution in [-0.4, -0.2) is 21.8 Å². The predicted octanol–water partition coefficient (Wildman–Crippen LogP) is 3.01. The first kappa shape index (κ1) is 15.1. The highest BCUT2D eigenvalue weighted by atomic mass is 16.5. The monoisotopic (exact) mass is 287 g/mol. The Hall–Kier alpha value is -2.30. The van der Waals surface area contributed by atoms with Crippen LogP contribution in [0.25, 0.3) is 0 Å². The second-order valence-corrected chi connectivity index (χ2v) is 5.27. The summed E-state index contributed by atoms with van der Waals surface area (Å²) >= 11 is 0. The molecule has 0 spiro atoms. The summed E-state index contributed by atoms with van der Waals surface area (Å²) in [6, 6.07) is 7.39. The number of hydrogen-bond donors (Lipinski definition) is 1. The van der Waals surface area contributed by atoms with E-state index >= 15 is 0 Å². The minimum atomic E-state index is -0.0271. The maximum absolute atomic E-state index is 11.9. The Labute approximate surface area is 124 Å². The molecule has 0 bridgehead atoms. The van der Waals surface area contributed by atoms with E-state index in [4.69, 9.17) is 4.74 Å². The first-order valence-corrected chi connectivity index (χ1v) is 7.08. The molecule has 1 heterocycles. The lowest BCUT2D eigenvalue weighted by molar-refractivity contribution is -0.116. The highest BCUT2D eigenvalue weighted by molar-refractivity contribution is 5.90. The summed E-state index contributed by atoms with van der Waals surface area (Å²) in [7, 11) is 0. The van der Waals surface area contributed by atoms with Gasteiger partial charge in [0.25, 0.3) is 0 Å². The van der Waals surface area contributed by atoms with Gasteiger partial charge in [-0.2, -0.15) is 5.10 Å².